The van der Waals surface area contributed by atoms with Gasteiger partial charge in [-0.2, -0.15) is 5.10 Å². The Morgan fingerprint density at radius 1 is 1.03 bits per heavy atom. The van der Waals surface area contributed by atoms with Gasteiger partial charge in [-0.05, 0) is 43.2 Å². The van der Waals surface area contributed by atoms with Crippen LogP contribution in [-0.4, -0.2) is 47.2 Å². The molecule has 0 aliphatic heterocycles. The minimum atomic E-state index is -1.14. The average Bonchev–Trinajstić information content (AvgIpc) is 3.53. The van der Waals surface area contributed by atoms with Crippen LogP contribution in [0, 0.1) is 0 Å². The smallest absolute Gasteiger partial charge is 0.146 e. The number of methoxy groups -OCH3 is 1. The first-order valence-corrected chi connectivity index (χ1v) is 17.8. The summed E-state index contributed by atoms with van der Waals surface area (Å²) < 4.78 is 15.8. The first-order valence-electron chi connectivity index (χ1n) is 14.1. The molecule has 0 atom stereocenters. The fourth-order valence-corrected chi connectivity index (χ4v) is 5.96. The van der Waals surface area contributed by atoms with Crippen molar-refractivity contribution in [1.29, 1.82) is 0 Å². The van der Waals surface area contributed by atoms with E-state index >= 15 is 0 Å². The summed E-state index contributed by atoms with van der Waals surface area (Å²) in [4.78, 5) is 5.04. The van der Waals surface area contributed by atoms with Gasteiger partial charge in [0.15, 0.2) is 0 Å². The minimum absolute atomic E-state index is 0.487. The van der Waals surface area contributed by atoms with E-state index in [2.05, 4.69) is 64.3 Å². The van der Waals surface area contributed by atoms with Crippen LogP contribution in [0.15, 0.2) is 48.8 Å². The first kappa shape index (κ1) is 27.3. The fraction of sp³-hybridized carbons (Fsp3) is 0.467. The lowest BCUT2D eigenvalue weighted by atomic mass is 9.95. The van der Waals surface area contributed by atoms with Crippen LogP contribution in [0.2, 0.25) is 25.7 Å². The van der Waals surface area contributed by atoms with E-state index in [9.17, 15) is 0 Å². The van der Waals surface area contributed by atoms with E-state index in [1.54, 1.807) is 13.3 Å². The number of ether oxygens (including phenoxy) is 2. The zero-order chi connectivity index (χ0) is 27.4. The Hall–Kier alpha value is -3.30. The van der Waals surface area contributed by atoms with Crippen molar-refractivity contribution in [3.63, 3.8) is 0 Å². The van der Waals surface area contributed by atoms with Crippen molar-refractivity contribution in [3.8, 4) is 17.0 Å². The summed E-state index contributed by atoms with van der Waals surface area (Å²) in [5.41, 5.74) is 4.97. The first-order chi connectivity index (χ1) is 18.8. The zero-order valence-corrected chi connectivity index (χ0v) is 25.0. The normalized spacial score (nSPS) is 14.6. The third-order valence-corrected chi connectivity index (χ3v) is 9.21. The van der Waals surface area contributed by atoms with Gasteiger partial charge in [0.2, 0.25) is 0 Å². The van der Waals surface area contributed by atoms with Crippen molar-refractivity contribution < 1.29 is 9.47 Å². The summed E-state index contributed by atoms with van der Waals surface area (Å²) in [6, 6.07) is 14.1. The second-order valence-corrected chi connectivity index (χ2v) is 17.4. The van der Waals surface area contributed by atoms with Crippen LogP contribution >= 0.6 is 0 Å². The fourth-order valence-electron chi connectivity index (χ4n) is 5.20. The molecule has 3 heterocycles. The second-order valence-electron chi connectivity index (χ2n) is 11.8. The van der Waals surface area contributed by atoms with Crippen molar-refractivity contribution in [2.75, 3.05) is 24.4 Å². The molecule has 0 bridgehead atoms. The molecular weight excluding hydrogens is 504 g/mol. The maximum absolute atomic E-state index is 6.09. The van der Waals surface area contributed by atoms with E-state index in [0.717, 1.165) is 57.9 Å². The van der Waals surface area contributed by atoms with Gasteiger partial charge in [0.05, 0.1) is 18.5 Å². The van der Waals surface area contributed by atoms with E-state index in [1.165, 1.54) is 32.1 Å². The van der Waals surface area contributed by atoms with Gasteiger partial charge in [0, 0.05) is 62.9 Å². The Bertz CT molecular complexity index is 1400. The highest BCUT2D eigenvalue weighted by Crippen LogP contribution is 2.35. The molecular formula is C30H42N6O2Si. The highest BCUT2D eigenvalue weighted by Gasteiger charge is 2.18. The highest BCUT2D eigenvalue weighted by molar-refractivity contribution is 6.76. The van der Waals surface area contributed by atoms with Crippen LogP contribution in [0.25, 0.3) is 22.3 Å². The van der Waals surface area contributed by atoms with Gasteiger partial charge in [-0.3, -0.25) is 4.68 Å². The third-order valence-electron chi connectivity index (χ3n) is 7.50. The number of rotatable bonds is 11. The highest BCUT2D eigenvalue weighted by atomic mass is 28.3. The number of pyridine rings is 1. The zero-order valence-electron chi connectivity index (χ0n) is 24.0. The largest absolute Gasteiger partial charge is 0.495 e. The van der Waals surface area contributed by atoms with E-state index in [0.29, 0.717) is 12.8 Å². The number of fused-ring (bicyclic) bond motifs is 1. The number of aromatic nitrogens is 4. The Balaban J connectivity index is 1.44. The Labute approximate surface area is 232 Å². The van der Waals surface area contributed by atoms with Crippen LogP contribution < -0.4 is 15.4 Å². The van der Waals surface area contributed by atoms with Crippen LogP contribution in [-0.2, 0) is 18.5 Å². The lowest BCUT2D eigenvalue weighted by Gasteiger charge is -2.24. The van der Waals surface area contributed by atoms with Crippen molar-refractivity contribution in [2.24, 2.45) is 7.05 Å². The topological polar surface area (TPSA) is 78.2 Å². The molecule has 3 aromatic heterocycles. The summed E-state index contributed by atoms with van der Waals surface area (Å²) in [6.45, 7) is 8.40. The monoisotopic (exact) mass is 546 g/mol. The summed E-state index contributed by atoms with van der Waals surface area (Å²) in [5, 5.41) is 12.8. The summed E-state index contributed by atoms with van der Waals surface area (Å²) >= 11 is 0. The molecule has 5 rings (SSSR count). The lowest BCUT2D eigenvalue weighted by Crippen LogP contribution is -2.22. The maximum Gasteiger partial charge on any atom is 0.146 e. The maximum atomic E-state index is 6.09. The van der Waals surface area contributed by atoms with Crippen LogP contribution in [0.5, 0.6) is 5.75 Å². The summed E-state index contributed by atoms with van der Waals surface area (Å²) in [6.07, 6.45) is 10.2. The standard InChI is InChI=1S/C30H42N6O2Si/c1-35-27(13-15-31-35)22-11-12-25(28(19-22)37-2)33-29-20-26(32-23-9-7-6-8-10-23)24-14-16-36(30(24)34-29)21-38-17-18-39(3,4)5/h11-16,19-20,23H,6-10,17-18,21H2,1-5H3,(H2,32,33,34). The molecule has 0 saturated heterocycles. The summed E-state index contributed by atoms with van der Waals surface area (Å²) in [7, 11) is 2.50. The summed E-state index contributed by atoms with van der Waals surface area (Å²) in [5.74, 6) is 1.52. The van der Waals surface area contributed by atoms with Crippen molar-refractivity contribution in [2.45, 2.75) is 70.6 Å². The molecule has 39 heavy (non-hydrogen) atoms. The van der Waals surface area contributed by atoms with E-state index in [-0.39, 0.29) is 0 Å². The molecule has 2 N–H and O–H groups in total. The number of nitrogens with zero attached hydrogens (tertiary/aromatic N) is 4. The average molecular weight is 547 g/mol. The van der Waals surface area contributed by atoms with Gasteiger partial charge < -0.3 is 24.7 Å². The second kappa shape index (κ2) is 11.8. The van der Waals surface area contributed by atoms with Crippen molar-refractivity contribution in [3.05, 3.63) is 48.8 Å². The molecule has 4 aromatic rings. The number of hydrogen-bond acceptors (Lipinski definition) is 6. The SMILES string of the molecule is COc1cc(-c2ccnn2C)ccc1Nc1cc(NC2CCCCC2)c2ccn(COCC[Si](C)(C)C)c2n1. The van der Waals surface area contributed by atoms with Crippen LogP contribution in [0.1, 0.15) is 32.1 Å². The molecule has 1 aromatic carbocycles. The van der Waals surface area contributed by atoms with Gasteiger partial charge in [0.25, 0.3) is 0 Å². The predicted octanol–water partition coefficient (Wildman–Crippen LogP) is 7.25. The van der Waals surface area contributed by atoms with Gasteiger partial charge in [-0.1, -0.05) is 45.0 Å². The van der Waals surface area contributed by atoms with Crippen LogP contribution in [0.3, 0.4) is 0 Å². The predicted molar refractivity (Wildman–Crippen MR) is 163 cm³/mol. The van der Waals surface area contributed by atoms with Gasteiger partial charge >= 0.3 is 0 Å². The molecule has 8 nitrogen and oxygen atoms in total. The molecule has 1 saturated carbocycles. The molecule has 0 amide bonds. The Morgan fingerprint density at radius 2 is 1.85 bits per heavy atom. The van der Waals surface area contributed by atoms with E-state index in [1.807, 2.05) is 29.9 Å². The van der Waals surface area contributed by atoms with Gasteiger partial charge in [-0.15, -0.1) is 0 Å². The third kappa shape index (κ3) is 6.65. The van der Waals surface area contributed by atoms with Gasteiger partial charge in [0.1, 0.15) is 23.9 Å². The van der Waals surface area contributed by atoms with Crippen molar-refractivity contribution in [1.82, 2.24) is 19.3 Å². The van der Waals surface area contributed by atoms with Gasteiger partial charge in [-0.25, -0.2) is 4.98 Å². The van der Waals surface area contributed by atoms with Crippen molar-refractivity contribution >= 4 is 36.3 Å². The van der Waals surface area contributed by atoms with Crippen LogP contribution in [0.4, 0.5) is 17.2 Å². The molecule has 1 aliphatic rings. The molecule has 0 spiro atoms. The molecule has 0 radical (unpaired) electrons. The van der Waals surface area contributed by atoms with E-state index in [4.69, 9.17) is 14.5 Å². The molecule has 1 fully saturated rings. The molecule has 0 unspecified atom stereocenters. The van der Waals surface area contributed by atoms with E-state index < -0.39 is 8.07 Å². The lowest BCUT2D eigenvalue weighted by molar-refractivity contribution is 0.0899. The number of hydrogen-bond donors (Lipinski definition) is 2. The Kier molecular flexibility index (Phi) is 8.28. The molecule has 9 heteroatoms. The number of benzene rings is 1. The quantitative estimate of drug-likeness (QED) is 0.152. The Morgan fingerprint density at radius 3 is 2.56 bits per heavy atom. The number of anilines is 3. The molecule has 1 aliphatic carbocycles. The minimum Gasteiger partial charge on any atom is -0.495 e. The number of aryl methyl sites for hydroxylation is 1. The number of nitrogens with one attached hydrogen (secondary N) is 2. The molecule has 208 valence electrons.